The monoisotopic (exact) mass is 1800 g/mol. The number of carbonyl (C=O) groups is 8. The van der Waals surface area contributed by atoms with Gasteiger partial charge >= 0.3 is 48.2 Å². The van der Waals surface area contributed by atoms with Crippen molar-refractivity contribution < 1.29 is 109 Å². The van der Waals surface area contributed by atoms with Gasteiger partial charge in [0.15, 0.2) is 47.3 Å². The maximum absolute atomic E-state index is 15.6. The number of ether oxygens (including phenoxy) is 4. The summed E-state index contributed by atoms with van der Waals surface area (Å²) in [6.07, 6.45) is -5.79. The second-order valence-corrected chi connectivity index (χ2v) is 38.9. The van der Waals surface area contributed by atoms with Crippen LogP contribution in [0.2, 0.25) is 0 Å². The Balaban J connectivity index is 0.000000414. The molecule has 2 aromatic rings. The number of amides is 16. The van der Waals surface area contributed by atoms with Crippen LogP contribution in [0.1, 0.15) is 75.6 Å². The second kappa shape index (κ2) is 34.2. The van der Waals surface area contributed by atoms with Gasteiger partial charge < -0.3 is 61.5 Å². The third kappa shape index (κ3) is 15.9. The van der Waals surface area contributed by atoms with E-state index >= 15 is 38.4 Å². The molecule has 0 unspecified atom stereocenters. The number of carbonyl (C=O) groups excluding carboxylic acids is 8. The predicted molar refractivity (Wildman–Crippen MR) is 427 cm³/mol. The van der Waals surface area contributed by atoms with Gasteiger partial charge in [-0.25, -0.2) is 38.4 Å². The van der Waals surface area contributed by atoms with E-state index in [-0.39, 0.29) is 101 Å². The summed E-state index contributed by atoms with van der Waals surface area (Å²) in [5.74, 6) is -2.01. The van der Waals surface area contributed by atoms with Gasteiger partial charge in [-0.1, -0.05) is 0 Å². The molecule has 15 fully saturated rings. The summed E-state index contributed by atoms with van der Waals surface area (Å²) in [6.45, 7) is 19.2. The number of hydrogen-bond acceptors (Lipinski definition) is 28. The van der Waals surface area contributed by atoms with Crippen molar-refractivity contribution in [3.63, 3.8) is 0 Å². The van der Waals surface area contributed by atoms with E-state index in [4.69, 9.17) is 18.9 Å². The van der Waals surface area contributed by atoms with E-state index in [0.717, 1.165) is 105 Å². The normalized spacial score (nSPS) is 28.5. The van der Waals surface area contributed by atoms with Crippen molar-refractivity contribution >= 4 is 88.7 Å². The molecule has 15 saturated heterocycles. The van der Waals surface area contributed by atoms with Crippen LogP contribution in [-0.2, 0) is 66.7 Å². The maximum atomic E-state index is 15.6. The number of nitrogens with zero attached hydrogens (tertiary/aromatic N) is 16. The fourth-order valence-corrected chi connectivity index (χ4v) is 21.2. The Hall–Kier alpha value is -8.88. The standard InChI is InChI=1S/C54H68N16O24S4.4C4H10N2/c1-51-53(3)67-27-59-41-39-55(43(59)71)25-57-40-42-61(45(57)73)29-69-49(77)65-23-33-34(38(94-16-8-20-98(88,89)90)12-11-37(33)93-15-7-19-97(85,86)87)24-66-50(78)70(54(69,4)52(65,66)2)30-62(42)46(74)58(40)26-56(39)44(72)60(41)28-68(53)48(76)64(51)22-32-31(21-63(51)47(67)75)35(91-13-5-17-95(79,80)81)9-10-36(32)92-14-6-18-96(82,83)84;4*1-2-6-4-3-5-1/h9-12,39-42H,5-8,13-30H2,1-4H3,(H,79,80,81)(H,82,83,84)(H,85,86,87)(H,88,89,90);4*5-6H,1-4H2. The van der Waals surface area contributed by atoms with Gasteiger partial charge in [-0.3, -0.25) is 96.6 Å². The van der Waals surface area contributed by atoms with Crippen molar-refractivity contribution in [1.82, 2.24) is 121 Å². The number of piperazine rings is 4. The highest BCUT2D eigenvalue weighted by Gasteiger charge is 2.80. The minimum atomic E-state index is -4.38. The smallest absolute Gasteiger partial charge is 0.326 e. The van der Waals surface area contributed by atoms with E-state index in [1.165, 1.54) is 103 Å². The first-order valence-corrected chi connectivity index (χ1v) is 47.3. The van der Waals surface area contributed by atoms with Crippen LogP contribution in [0.15, 0.2) is 24.3 Å². The van der Waals surface area contributed by atoms with Crippen molar-refractivity contribution in [3.05, 3.63) is 46.5 Å². The molecule has 52 heteroatoms. The van der Waals surface area contributed by atoms with E-state index in [9.17, 15) is 51.9 Å². The van der Waals surface area contributed by atoms with Crippen LogP contribution in [0.5, 0.6) is 23.0 Å². The zero-order chi connectivity index (χ0) is 87.0. The number of hydrogen-bond donors (Lipinski definition) is 12. The first-order valence-electron chi connectivity index (χ1n) is 40.9. The highest BCUT2D eigenvalue weighted by Crippen LogP contribution is 2.60. The summed E-state index contributed by atoms with van der Waals surface area (Å²) in [7, 11) is -17.5. The maximum Gasteiger partial charge on any atom is 0.326 e. The predicted octanol–water partition coefficient (Wildman–Crippen LogP) is -3.39. The van der Waals surface area contributed by atoms with Crippen molar-refractivity contribution in [2.45, 2.75) is 127 Å². The van der Waals surface area contributed by atoms with E-state index in [0.29, 0.717) is 22.3 Å². The van der Waals surface area contributed by atoms with Crippen LogP contribution >= 0.6 is 0 Å². The van der Waals surface area contributed by atoms with Gasteiger partial charge in [0.25, 0.3) is 40.5 Å². The summed E-state index contributed by atoms with van der Waals surface area (Å²) in [5.41, 5.74) is -5.55. The molecule has 12 N–H and O–H groups in total. The molecule has 48 nitrogen and oxygen atoms in total. The summed E-state index contributed by atoms with van der Waals surface area (Å²) >= 11 is 0. The Morgan fingerprint density at radius 1 is 0.279 bits per heavy atom. The van der Waals surface area contributed by atoms with Gasteiger partial charge in [-0.15, -0.1) is 0 Å². The first kappa shape index (κ1) is 88.0. The zero-order valence-electron chi connectivity index (χ0n) is 68.2. The fraction of sp³-hybridized carbons (Fsp3) is 0.714. The number of benzene rings is 2. The topological polar surface area (TPSA) is 539 Å². The number of rotatable bonds is 20. The lowest BCUT2D eigenvalue weighted by atomic mass is 9.95. The number of nitrogens with one attached hydrogen (secondary N) is 8. The molecule has 0 bridgehead atoms. The van der Waals surface area contributed by atoms with Crippen molar-refractivity contribution in [2.24, 2.45) is 0 Å². The third-order valence-corrected chi connectivity index (χ3v) is 28.9. The van der Waals surface area contributed by atoms with Gasteiger partial charge in [0, 0.05) is 127 Å². The fourth-order valence-electron chi connectivity index (χ4n) is 19.3. The number of urea groups is 8. The Labute approximate surface area is 705 Å². The lowest BCUT2D eigenvalue weighted by Gasteiger charge is -2.49. The highest BCUT2D eigenvalue weighted by molar-refractivity contribution is 7.86. The average molecular weight is 1800 g/mol. The molecule has 122 heavy (non-hydrogen) atoms. The van der Waals surface area contributed by atoms with Gasteiger partial charge in [0.1, 0.15) is 63.0 Å². The summed E-state index contributed by atoms with van der Waals surface area (Å²) in [5, 5.41) is 25.8. The van der Waals surface area contributed by atoms with Crippen molar-refractivity contribution in [3.8, 4) is 23.0 Å². The third-order valence-electron chi connectivity index (χ3n) is 25.7. The molecule has 16 amide bonds. The molecule has 19 rings (SSSR count). The lowest BCUT2D eigenvalue weighted by molar-refractivity contribution is -0.0871. The molecular formula is C70H108N24O24S4. The van der Waals surface area contributed by atoms with E-state index in [1.807, 2.05) is 0 Å². The van der Waals surface area contributed by atoms with Crippen molar-refractivity contribution in [2.75, 3.05) is 194 Å². The van der Waals surface area contributed by atoms with Crippen LogP contribution < -0.4 is 61.5 Å². The van der Waals surface area contributed by atoms with Crippen LogP contribution in [0.4, 0.5) is 38.4 Å². The zero-order valence-corrected chi connectivity index (χ0v) is 71.5. The minimum Gasteiger partial charge on any atom is -0.493 e. The van der Waals surface area contributed by atoms with Gasteiger partial charge in [0.2, 0.25) is 0 Å². The largest absolute Gasteiger partial charge is 0.493 e. The molecule has 2 aromatic carbocycles. The summed E-state index contributed by atoms with van der Waals surface area (Å²) in [6, 6.07) is 0.128. The van der Waals surface area contributed by atoms with Gasteiger partial charge in [-0.05, 0) is 77.6 Å². The quantitative estimate of drug-likeness (QED) is 0.0454. The molecule has 17 aliphatic rings. The van der Waals surface area contributed by atoms with E-state index in [2.05, 4.69) is 42.5 Å². The summed E-state index contributed by atoms with van der Waals surface area (Å²) in [4.78, 5) is 146. The molecule has 0 aromatic heterocycles. The molecule has 0 radical (unpaired) electrons. The molecule has 0 saturated carbocycles. The summed E-state index contributed by atoms with van der Waals surface area (Å²) < 4.78 is 155. The van der Waals surface area contributed by atoms with E-state index in [1.54, 1.807) is 27.7 Å². The Bertz CT molecular complexity index is 4260. The van der Waals surface area contributed by atoms with Gasteiger partial charge in [0.05, 0.1) is 75.6 Å². The average Bonchev–Trinajstić information content (AvgIpc) is 1.49. The Kier molecular flexibility index (Phi) is 24.7. The van der Waals surface area contributed by atoms with Crippen LogP contribution in [0.3, 0.4) is 0 Å². The molecule has 676 valence electrons. The van der Waals surface area contributed by atoms with Crippen LogP contribution in [0.25, 0.3) is 0 Å². The molecule has 0 aliphatic carbocycles. The number of fused-ring (bicyclic) bond motifs is 2. The molecule has 17 aliphatic heterocycles. The minimum absolute atomic E-state index is 0.140. The highest BCUT2D eigenvalue weighted by atomic mass is 32.2. The SMILES string of the molecule is C1CNCCN1.C1CNCCN1.C1CNCCN1.C1CNCCN1.CC12N3Cc4c(OCCCS(=O)(=O)O)ccc(OCCCS(=O)(=O)O)c4CN1C(=O)N1CN4C(=O)N5CN6C(=O)N7CN8C(=O)N9Cc%10c(OCCCS(=O)(=O)O)ccc(OCCCS(=O)(=O)O)c%10CN%10C(=O)N(CN%11C(=O)N(CN%12C(=O)N(CN(C3=O)C12C)C4C%125)C6C%117)C8(C)C%109C. The van der Waals surface area contributed by atoms with Crippen LogP contribution in [-0.4, -0.2) is 420 Å². The van der Waals surface area contributed by atoms with Gasteiger partial charge in [-0.2, -0.15) is 33.7 Å². The Morgan fingerprint density at radius 2 is 0.443 bits per heavy atom. The molecular weight excluding hydrogens is 1690 g/mol. The first-order chi connectivity index (χ1) is 57.9. The molecule has 0 atom stereocenters. The van der Waals surface area contributed by atoms with Crippen LogP contribution in [0, 0.1) is 0 Å². The lowest BCUT2D eigenvalue weighted by Crippen LogP contribution is -2.69. The molecule has 0 spiro atoms. The molecule has 17 heterocycles. The second-order valence-electron chi connectivity index (χ2n) is 32.7. The van der Waals surface area contributed by atoms with Crippen molar-refractivity contribution in [1.29, 1.82) is 0 Å². The van der Waals surface area contributed by atoms with E-state index < -0.39 is 199 Å². The Morgan fingerprint density at radius 3 is 0.607 bits per heavy atom.